The predicted octanol–water partition coefficient (Wildman–Crippen LogP) is 2.47. The number of hydrogen-bond acceptors (Lipinski definition) is 4. The van der Waals surface area contributed by atoms with Crippen molar-refractivity contribution in [2.75, 3.05) is 21.2 Å². The highest BCUT2D eigenvalue weighted by molar-refractivity contribution is 5.48. The highest BCUT2D eigenvalue weighted by atomic mass is 16.5. The van der Waals surface area contributed by atoms with Gasteiger partial charge in [0.15, 0.2) is 11.5 Å². The molecule has 1 N–H and O–H groups in total. The number of aliphatic hydroxyl groups excluding tert-OH is 1. The van der Waals surface area contributed by atoms with Crippen molar-refractivity contribution >= 4 is 0 Å². The average molecular weight is 267 g/mol. The summed E-state index contributed by atoms with van der Waals surface area (Å²) in [4.78, 5) is 1.98. The van der Waals surface area contributed by atoms with E-state index in [1.54, 1.807) is 7.11 Å². The molecule has 1 aromatic rings. The molecule has 0 aromatic heterocycles. The first-order valence-corrected chi connectivity index (χ1v) is 6.56. The Balaban J connectivity index is 3.18. The van der Waals surface area contributed by atoms with Crippen molar-refractivity contribution in [2.24, 2.45) is 0 Å². The SMILES string of the molecule is COc1cccc(C(O)C(C)N(C)C)c1OC(C)C. The number of para-hydroxylation sites is 1. The van der Waals surface area contributed by atoms with E-state index in [1.165, 1.54) is 0 Å². The molecule has 2 unspecified atom stereocenters. The Morgan fingerprint density at radius 2 is 1.79 bits per heavy atom. The maximum Gasteiger partial charge on any atom is 0.167 e. The lowest BCUT2D eigenvalue weighted by Gasteiger charge is -2.28. The van der Waals surface area contributed by atoms with Crippen LogP contribution in [-0.2, 0) is 0 Å². The Labute approximate surface area is 115 Å². The Kier molecular flexibility index (Phi) is 5.63. The van der Waals surface area contributed by atoms with Gasteiger partial charge < -0.3 is 19.5 Å². The van der Waals surface area contributed by atoms with Gasteiger partial charge in [0.05, 0.1) is 19.3 Å². The van der Waals surface area contributed by atoms with Crippen LogP contribution in [0.25, 0.3) is 0 Å². The van der Waals surface area contributed by atoms with E-state index in [0.29, 0.717) is 11.5 Å². The van der Waals surface area contributed by atoms with Gasteiger partial charge in [0.25, 0.3) is 0 Å². The normalized spacial score (nSPS) is 14.6. The fourth-order valence-corrected chi connectivity index (χ4v) is 1.83. The first kappa shape index (κ1) is 15.8. The molecule has 0 amide bonds. The number of hydrogen-bond donors (Lipinski definition) is 1. The van der Waals surface area contributed by atoms with Crippen LogP contribution >= 0.6 is 0 Å². The molecule has 4 nitrogen and oxygen atoms in total. The first-order chi connectivity index (χ1) is 8.88. The second kappa shape index (κ2) is 6.78. The zero-order valence-electron chi connectivity index (χ0n) is 12.7. The third-order valence-corrected chi connectivity index (χ3v) is 3.17. The van der Waals surface area contributed by atoms with E-state index >= 15 is 0 Å². The van der Waals surface area contributed by atoms with Gasteiger partial charge in [0.1, 0.15) is 0 Å². The number of aliphatic hydroxyl groups is 1. The Morgan fingerprint density at radius 3 is 2.26 bits per heavy atom. The maximum atomic E-state index is 10.5. The standard InChI is InChI=1S/C15H25NO3/c1-10(2)19-15-12(8-7-9-13(15)18-6)14(17)11(3)16(4)5/h7-11,14,17H,1-6H3. The number of ether oxygens (including phenoxy) is 2. The molecule has 0 bridgehead atoms. The fourth-order valence-electron chi connectivity index (χ4n) is 1.83. The van der Waals surface area contributed by atoms with Gasteiger partial charge in [-0.05, 0) is 40.9 Å². The quantitative estimate of drug-likeness (QED) is 0.859. The van der Waals surface area contributed by atoms with Crippen molar-refractivity contribution in [1.82, 2.24) is 4.90 Å². The van der Waals surface area contributed by atoms with Crippen LogP contribution in [-0.4, -0.2) is 43.4 Å². The molecule has 2 atom stereocenters. The summed E-state index contributed by atoms with van der Waals surface area (Å²) >= 11 is 0. The van der Waals surface area contributed by atoms with Crippen molar-refractivity contribution in [1.29, 1.82) is 0 Å². The molecule has 0 aliphatic heterocycles. The molecule has 4 heteroatoms. The Hall–Kier alpha value is -1.26. The summed E-state index contributed by atoms with van der Waals surface area (Å²) < 4.78 is 11.1. The summed E-state index contributed by atoms with van der Waals surface area (Å²) in [6.45, 7) is 5.89. The lowest BCUT2D eigenvalue weighted by Crippen LogP contribution is -2.31. The molecule has 0 fully saturated rings. The number of benzene rings is 1. The van der Waals surface area contributed by atoms with E-state index in [0.717, 1.165) is 5.56 Å². The minimum atomic E-state index is -0.626. The monoisotopic (exact) mass is 267 g/mol. The summed E-state index contributed by atoms with van der Waals surface area (Å²) in [5, 5.41) is 10.5. The van der Waals surface area contributed by atoms with Gasteiger partial charge in [-0.3, -0.25) is 0 Å². The van der Waals surface area contributed by atoms with Crippen molar-refractivity contribution < 1.29 is 14.6 Å². The van der Waals surface area contributed by atoms with Crippen LogP contribution in [0.4, 0.5) is 0 Å². The molecule has 0 aliphatic carbocycles. The van der Waals surface area contributed by atoms with E-state index in [9.17, 15) is 5.11 Å². The molecule has 0 saturated carbocycles. The van der Waals surface area contributed by atoms with Crippen LogP contribution < -0.4 is 9.47 Å². The second-order valence-electron chi connectivity index (χ2n) is 5.19. The zero-order chi connectivity index (χ0) is 14.6. The number of rotatable bonds is 6. The molecular formula is C15H25NO3. The molecule has 0 heterocycles. The van der Waals surface area contributed by atoms with Crippen LogP contribution in [0.5, 0.6) is 11.5 Å². The summed E-state index contributed by atoms with van der Waals surface area (Å²) in [5.74, 6) is 1.28. The van der Waals surface area contributed by atoms with Gasteiger partial charge >= 0.3 is 0 Å². The zero-order valence-corrected chi connectivity index (χ0v) is 12.7. The van der Waals surface area contributed by atoms with E-state index in [-0.39, 0.29) is 12.1 Å². The van der Waals surface area contributed by atoms with Crippen LogP contribution in [0.1, 0.15) is 32.4 Å². The number of nitrogens with zero attached hydrogens (tertiary/aromatic N) is 1. The van der Waals surface area contributed by atoms with Crippen LogP contribution in [0, 0.1) is 0 Å². The summed E-state index contributed by atoms with van der Waals surface area (Å²) in [6, 6.07) is 5.58. The average Bonchev–Trinajstić information content (AvgIpc) is 2.36. The van der Waals surface area contributed by atoms with Crippen molar-refractivity contribution in [3.63, 3.8) is 0 Å². The van der Waals surface area contributed by atoms with Crippen molar-refractivity contribution in [2.45, 2.75) is 39.0 Å². The first-order valence-electron chi connectivity index (χ1n) is 6.56. The molecule has 0 saturated heterocycles. The summed E-state index contributed by atoms with van der Waals surface area (Å²) in [7, 11) is 5.49. The minimum Gasteiger partial charge on any atom is -0.493 e. The second-order valence-corrected chi connectivity index (χ2v) is 5.19. The maximum absolute atomic E-state index is 10.5. The van der Waals surface area contributed by atoms with Crippen LogP contribution in [0.2, 0.25) is 0 Å². The topological polar surface area (TPSA) is 41.9 Å². The van der Waals surface area contributed by atoms with E-state index in [1.807, 2.05) is 58.0 Å². The molecule has 0 spiro atoms. The van der Waals surface area contributed by atoms with Gasteiger partial charge in [-0.2, -0.15) is 0 Å². The Morgan fingerprint density at radius 1 is 1.16 bits per heavy atom. The van der Waals surface area contributed by atoms with Crippen LogP contribution in [0.15, 0.2) is 18.2 Å². The van der Waals surface area contributed by atoms with Gasteiger partial charge in [0, 0.05) is 11.6 Å². The molecule has 108 valence electrons. The van der Waals surface area contributed by atoms with Crippen LogP contribution in [0.3, 0.4) is 0 Å². The molecular weight excluding hydrogens is 242 g/mol. The lowest BCUT2D eigenvalue weighted by atomic mass is 10.0. The van der Waals surface area contributed by atoms with Gasteiger partial charge in [-0.1, -0.05) is 12.1 Å². The summed E-state index contributed by atoms with van der Waals surface area (Å²) in [6.07, 6.45) is -0.601. The lowest BCUT2D eigenvalue weighted by molar-refractivity contribution is 0.0810. The third-order valence-electron chi connectivity index (χ3n) is 3.17. The van der Waals surface area contributed by atoms with Crippen molar-refractivity contribution in [3.8, 4) is 11.5 Å². The summed E-state index contributed by atoms with van der Waals surface area (Å²) in [5.41, 5.74) is 0.759. The van der Waals surface area contributed by atoms with E-state index < -0.39 is 6.10 Å². The van der Waals surface area contributed by atoms with Gasteiger partial charge in [-0.25, -0.2) is 0 Å². The molecule has 0 aliphatic rings. The molecule has 19 heavy (non-hydrogen) atoms. The highest BCUT2D eigenvalue weighted by Crippen LogP contribution is 2.37. The van der Waals surface area contributed by atoms with E-state index in [4.69, 9.17) is 9.47 Å². The molecule has 1 rings (SSSR count). The highest BCUT2D eigenvalue weighted by Gasteiger charge is 2.24. The van der Waals surface area contributed by atoms with Gasteiger partial charge in [-0.15, -0.1) is 0 Å². The van der Waals surface area contributed by atoms with Crippen molar-refractivity contribution in [3.05, 3.63) is 23.8 Å². The minimum absolute atomic E-state index is 0.0124. The fraction of sp³-hybridized carbons (Fsp3) is 0.600. The molecule has 1 aromatic carbocycles. The predicted molar refractivity (Wildman–Crippen MR) is 76.9 cm³/mol. The number of likely N-dealkylation sites (N-methyl/N-ethyl adjacent to an activating group) is 1. The Bertz CT molecular complexity index is 404. The third kappa shape index (κ3) is 3.85. The van der Waals surface area contributed by atoms with Gasteiger partial charge in [0.2, 0.25) is 0 Å². The largest absolute Gasteiger partial charge is 0.493 e. The smallest absolute Gasteiger partial charge is 0.167 e. The van der Waals surface area contributed by atoms with E-state index in [2.05, 4.69) is 0 Å². The number of methoxy groups -OCH3 is 1. The molecule has 0 radical (unpaired) electrons.